The van der Waals surface area contributed by atoms with E-state index in [4.69, 9.17) is 15.5 Å². The summed E-state index contributed by atoms with van der Waals surface area (Å²) in [5.41, 5.74) is 8.68. The van der Waals surface area contributed by atoms with Gasteiger partial charge in [-0.05, 0) is 42.8 Å². The normalized spacial score (nSPS) is 11.0. The van der Waals surface area contributed by atoms with Gasteiger partial charge in [-0.3, -0.25) is 0 Å². The molecule has 0 aliphatic heterocycles. The number of imidazole rings is 1. The third kappa shape index (κ3) is 3.65. The fourth-order valence-electron chi connectivity index (χ4n) is 2.72. The first-order valence-corrected chi connectivity index (χ1v) is 8.20. The lowest BCUT2D eigenvalue weighted by molar-refractivity contribution is 0.298. The van der Waals surface area contributed by atoms with Gasteiger partial charge in [0.1, 0.15) is 18.2 Å². The number of para-hydroxylation sites is 2. The predicted molar refractivity (Wildman–Crippen MR) is 94.7 cm³/mol. The monoisotopic (exact) mass is 309 g/mol. The van der Waals surface area contributed by atoms with Crippen molar-refractivity contribution in [1.29, 1.82) is 0 Å². The second kappa shape index (κ2) is 7.18. The molecule has 0 atom stereocenters. The van der Waals surface area contributed by atoms with Crippen molar-refractivity contribution in [2.45, 2.75) is 32.7 Å². The molecule has 1 aromatic heterocycles. The molecule has 23 heavy (non-hydrogen) atoms. The Hall–Kier alpha value is -2.49. The van der Waals surface area contributed by atoms with Crippen LogP contribution in [0.4, 0.5) is 5.69 Å². The van der Waals surface area contributed by atoms with Gasteiger partial charge < -0.3 is 15.0 Å². The van der Waals surface area contributed by atoms with Crippen LogP contribution >= 0.6 is 0 Å². The summed E-state index contributed by atoms with van der Waals surface area (Å²) >= 11 is 0. The van der Waals surface area contributed by atoms with Crippen molar-refractivity contribution in [1.82, 2.24) is 9.55 Å². The Labute approximate surface area is 136 Å². The number of anilines is 1. The molecule has 1 heterocycles. The number of unbranched alkanes of at least 4 members (excludes halogenated alkanes) is 1. The maximum atomic E-state index is 5.84. The van der Waals surface area contributed by atoms with Crippen LogP contribution in [0.1, 0.15) is 25.6 Å². The second-order valence-corrected chi connectivity index (χ2v) is 5.69. The first-order chi connectivity index (χ1) is 11.3. The van der Waals surface area contributed by atoms with Crippen molar-refractivity contribution in [2.75, 3.05) is 12.3 Å². The van der Waals surface area contributed by atoms with Crippen molar-refractivity contribution in [3.8, 4) is 5.75 Å². The first kappa shape index (κ1) is 15.4. The maximum absolute atomic E-state index is 5.84. The summed E-state index contributed by atoms with van der Waals surface area (Å²) in [6.07, 6.45) is 3.33. The van der Waals surface area contributed by atoms with Crippen LogP contribution in [-0.4, -0.2) is 16.2 Å². The largest absolute Gasteiger partial charge is 0.492 e. The Bertz CT molecular complexity index is 762. The number of nitrogens with two attached hydrogens (primary N) is 1. The van der Waals surface area contributed by atoms with Crippen LogP contribution in [0.15, 0.2) is 48.5 Å². The van der Waals surface area contributed by atoms with Crippen LogP contribution in [0, 0.1) is 0 Å². The molecule has 0 aliphatic carbocycles. The average Bonchev–Trinajstić information content (AvgIpc) is 2.93. The van der Waals surface area contributed by atoms with E-state index in [-0.39, 0.29) is 0 Å². The van der Waals surface area contributed by atoms with E-state index in [2.05, 4.69) is 29.7 Å². The van der Waals surface area contributed by atoms with Gasteiger partial charge in [0.15, 0.2) is 0 Å². The van der Waals surface area contributed by atoms with E-state index in [1.165, 1.54) is 11.9 Å². The van der Waals surface area contributed by atoms with Gasteiger partial charge in [-0.25, -0.2) is 4.98 Å². The molecular weight excluding hydrogens is 286 g/mol. The summed E-state index contributed by atoms with van der Waals surface area (Å²) in [6.45, 7) is 3.62. The van der Waals surface area contributed by atoms with E-state index >= 15 is 0 Å². The number of aromatic nitrogens is 2. The lowest BCUT2D eigenvalue weighted by Crippen LogP contribution is -2.11. The molecule has 4 nitrogen and oxygen atoms in total. The van der Waals surface area contributed by atoms with Crippen molar-refractivity contribution < 1.29 is 4.74 Å². The smallest absolute Gasteiger partial charge is 0.119 e. The molecule has 0 aliphatic rings. The van der Waals surface area contributed by atoms with Gasteiger partial charge in [0.2, 0.25) is 0 Å². The van der Waals surface area contributed by atoms with E-state index in [9.17, 15) is 0 Å². The lowest BCUT2D eigenvalue weighted by atomic mass is 10.2. The van der Waals surface area contributed by atoms with Gasteiger partial charge >= 0.3 is 0 Å². The number of nitrogens with zero attached hydrogens (tertiary/aromatic N) is 2. The molecule has 0 radical (unpaired) electrons. The van der Waals surface area contributed by atoms with Crippen LogP contribution in [-0.2, 0) is 13.0 Å². The highest BCUT2D eigenvalue weighted by molar-refractivity contribution is 5.75. The quantitative estimate of drug-likeness (QED) is 0.670. The van der Waals surface area contributed by atoms with Gasteiger partial charge in [0, 0.05) is 12.1 Å². The molecule has 0 fully saturated rings. The number of rotatable bonds is 7. The third-order valence-electron chi connectivity index (χ3n) is 3.95. The van der Waals surface area contributed by atoms with Gasteiger partial charge in [0.25, 0.3) is 0 Å². The highest BCUT2D eigenvalue weighted by atomic mass is 16.5. The van der Waals surface area contributed by atoms with Crippen LogP contribution in [0.3, 0.4) is 0 Å². The fraction of sp³-hybridized carbons (Fsp3) is 0.316. The molecule has 3 aromatic rings. The zero-order valence-corrected chi connectivity index (χ0v) is 13.5. The van der Waals surface area contributed by atoms with Gasteiger partial charge in [0.05, 0.1) is 17.6 Å². The number of aryl methyl sites for hydroxylation is 1. The van der Waals surface area contributed by atoms with Crippen molar-refractivity contribution in [3.05, 3.63) is 54.4 Å². The summed E-state index contributed by atoms with van der Waals surface area (Å²) in [4.78, 5) is 4.78. The van der Waals surface area contributed by atoms with Crippen molar-refractivity contribution >= 4 is 16.7 Å². The second-order valence-electron chi connectivity index (χ2n) is 5.69. The molecule has 0 saturated heterocycles. The Kier molecular flexibility index (Phi) is 4.81. The summed E-state index contributed by atoms with van der Waals surface area (Å²) in [6, 6.07) is 15.8. The fourth-order valence-corrected chi connectivity index (χ4v) is 2.72. The number of benzene rings is 2. The van der Waals surface area contributed by atoms with Crippen LogP contribution < -0.4 is 10.5 Å². The summed E-state index contributed by atoms with van der Waals surface area (Å²) in [5, 5.41) is 0. The Morgan fingerprint density at radius 2 is 1.87 bits per heavy atom. The zero-order valence-electron chi connectivity index (χ0n) is 13.5. The Morgan fingerprint density at radius 1 is 1.09 bits per heavy atom. The summed E-state index contributed by atoms with van der Waals surface area (Å²) in [7, 11) is 0. The SMILES string of the molecule is CCCCc1nc2ccccc2n1CCOc1ccc(N)cc1. The molecule has 3 rings (SSSR count). The minimum absolute atomic E-state index is 0.614. The molecule has 0 spiro atoms. The molecule has 2 N–H and O–H groups in total. The zero-order chi connectivity index (χ0) is 16.1. The number of nitrogen functional groups attached to an aromatic ring is 1. The van der Waals surface area contributed by atoms with Crippen molar-refractivity contribution in [2.24, 2.45) is 0 Å². The van der Waals surface area contributed by atoms with Crippen LogP contribution in [0.25, 0.3) is 11.0 Å². The van der Waals surface area contributed by atoms with Crippen LogP contribution in [0.5, 0.6) is 5.75 Å². The van der Waals surface area contributed by atoms with E-state index < -0.39 is 0 Å². The molecule has 0 saturated carbocycles. The third-order valence-corrected chi connectivity index (χ3v) is 3.95. The molecule has 0 amide bonds. The predicted octanol–water partition coefficient (Wildman–Crippen LogP) is 4.04. The maximum Gasteiger partial charge on any atom is 0.119 e. The molecule has 0 unspecified atom stereocenters. The van der Waals surface area contributed by atoms with Gasteiger partial charge in [-0.1, -0.05) is 25.5 Å². The van der Waals surface area contributed by atoms with Crippen molar-refractivity contribution in [3.63, 3.8) is 0 Å². The number of ether oxygens (including phenoxy) is 1. The van der Waals surface area contributed by atoms with E-state index in [0.29, 0.717) is 6.61 Å². The number of hydrogen-bond donors (Lipinski definition) is 1. The number of fused-ring (bicyclic) bond motifs is 1. The molecule has 2 aromatic carbocycles. The minimum atomic E-state index is 0.614. The van der Waals surface area contributed by atoms with Gasteiger partial charge in [-0.2, -0.15) is 0 Å². The van der Waals surface area contributed by atoms with E-state index in [0.717, 1.165) is 42.2 Å². The lowest BCUT2D eigenvalue weighted by Gasteiger charge is -2.11. The molecule has 0 bridgehead atoms. The molecule has 4 heteroatoms. The summed E-state index contributed by atoms with van der Waals surface area (Å²) < 4.78 is 8.12. The highest BCUT2D eigenvalue weighted by Gasteiger charge is 2.09. The summed E-state index contributed by atoms with van der Waals surface area (Å²) in [5.74, 6) is 1.99. The van der Waals surface area contributed by atoms with Gasteiger partial charge in [-0.15, -0.1) is 0 Å². The highest BCUT2D eigenvalue weighted by Crippen LogP contribution is 2.18. The molecular formula is C19H23N3O. The Balaban J connectivity index is 1.73. The number of hydrogen-bond acceptors (Lipinski definition) is 3. The average molecular weight is 309 g/mol. The molecule has 120 valence electrons. The van der Waals surface area contributed by atoms with Crippen LogP contribution in [0.2, 0.25) is 0 Å². The first-order valence-electron chi connectivity index (χ1n) is 8.20. The topological polar surface area (TPSA) is 53.1 Å². The minimum Gasteiger partial charge on any atom is -0.492 e. The van der Waals surface area contributed by atoms with E-state index in [1.54, 1.807) is 0 Å². The van der Waals surface area contributed by atoms with E-state index in [1.807, 2.05) is 30.3 Å². The Morgan fingerprint density at radius 3 is 2.65 bits per heavy atom. The standard InChI is InChI=1S/C19H23N3O/c1-2-3-8-19-21-17-6-4-5-7-18(17)22(19)13-14-23-16-11-9-15(20)10-12-16/h4-7,9-12H,2-3,8,13-14,20H2,1H3.